The second kappa shape index (κ2) is 6.21. The van der Waals surface area contributed by atoms with Crippen molar-refractivity contribution in [2.45, 2.75) is 18.9 Å². The Kier molecular flexibility index (Phi) is 4.36. The van der Waals surface area contributed by atoms with E-state index in [1.807, 2.05) is 30.3 Å². The lowest BCUT2D eigenvalue weighted by molar-refractivity contribution is -0.122. The molecule has 18 heavy (non-hydrogen) atoms. The molecule has 96 valence electrons. The van der Waals surface area contributed by atoms with Crippen molar-refractivity contribution in [1.29, 1.82) is 0 Å². The third kappa shape index (κ3) is 3.11. The van der Waals surface area contributed by atoms with Gasteiger partial charge in [0.2, 0.25) is 0 Å². The molecule has 1 heterocycles. The van der Waals surface area contributed by atoms with E-state index in [1.54, 1.807) is 6.08 Å². The number of amides is 1. The zero-order valence-electron chi connectivity index (χ0n) is 10.1. The van der Waals surface area contributed by atoms with Crippen molar-refractivity contribution in [1.82, 2.24) is 5.32 Å². The molecule has 1 aliphatic rings. The minimum Gasteiger partial charge on any atom is -0.488 e. The number of hydrogen-bond acceptors (Lipinski definition) is 3. The molecule has 0 bridgehead atoms. The Morgan fingerprint density at radius 3 is 2.78 bits per heavy atom. The van der Waals surface area contributed by atoms with Crippen molar-refractivity contribution in [3.63, 3.8) is 0 Å². The highest BCUT2D eigenvalue weighted by Crippen LogP contribution is 2.15. The number of nitrogens with one attached hydrogen (secondary N) is 1. The standard InChI is InChI=1S/C14H17NO3/c16-10-12(11-6-2-1-3-7-11)15-14(17)13-8-4-5-9-18-13/h1-3,6-8,12,16H,4-5,9-10H2,(H,15,17)/t12-/m1/s1. The van der Waals surface area contributed by atoms with Crippen LogP contribution in [0.5, 0.6) is 0 Å². The summed E-state index contributed by atoms with van der Waals surface area (Å²) in [7, 11) is 0. The minimum atomic E-state index is -0.398. The van der Waals surface area contributed by atoms with Gasteiger partial charge in [-0.15, -0.1) is 0 Å². The van der Waals surface area contributed by atoms with Gasteiger partial charge in [0, 0.05) is 0 Å². The van der Waals surface area contributed by atoms with Gasteiger partial charge in [-0.25, -0.2) is 0 Å². The molecular formula is C14H17NO3. The molecule has 0 aliphatic carbocycles. The Morgan fingerprint density at radius 2 is 2.17 bits per heavy atom. The predicted molar refractivity (Wildman–Crippen MR) is 67.7 cm³/mol. The van der Waals surface area contributed by atoms with Crippen LogP contribution >= 0.6 is 0 Å². The Morgan fingerprint density at radius 1 is 1.39 bits per heavy atom. The van der Waals surface area contributed by atoms with E-state index in [2.05, 4.69) is 5.32 Å². The van der Waals surface area contributed by atoms with Crippen LogP contribution in [0.25, 0.3) is 0 Å². The number of aliphatic hydroxyl groups excluding tert-OH is 1. The number of benzene rings is 1. The van der Waals surface area contributed by atoms with Gasteiger partial charge in [0.25, 0.3) is 5.91 Å². The number of allylic oxidation sites excluding steroid dienone is 1. The highest BCUT2D eigenvalue weighted by Gasteiger charge is 2.18. The zero-order chi connectivity index (χ0) is 12.8. The van der Waals surface area contributed by atoms with E-state index in [0.717, 1.165) is 18.4 Å². The predicted octanol–water partition coefficient (Wildman–Crippen LogP) is 1.53. The number of ether oxygens (including phenoxy) is 1. The fraction of sp³-hybridized carbons (Fsp3) is 0.357. The van der Waals surface area contributed by atoms with Crippen LogP contribution in [0.1, 0.15) is 24.4 Å². The van der Waals surface area contributed by atoms with Crippen LogP contribution in [0, 0.1) is 0 Å². The fourth-order valence-electron chi connectivity index (χ4n) is 1.86. The summed E-state index contributed by atoms with van der Waals surface area (Å²) < 4.78 is 5.29. The monoisotopic (exact) mass is 247 g/mol. The summed E-state index contributed by atoms with van der Waals surface area (Å²) in [5.74, 6) is 0.0910. The second-order valence-corrected chi connectivity index (χ2v) is 4.18. The topological polar surface area (TPSA) is 58.6 Å². The van der Waals surface area contributed by atoms with Crippen molar-refractivity contribution >= 4 is 5.91 Å². The van der Waals surface area contributed by atoms with Gasteiger partial charge >= 0.3 is 0 Å². The number of rotatable bonds is 4. The maximum atomic E-state index is 11.9. The van der Waals surface area contributed by atoms with Crippen molar-refractivity contribution in [3.05, 3.63) is 47.7 Å². The largest absolute Gasteiger partial charge is 0.488 e. The molecule has 2 rings (SSSR count). The SMILES string of the molecule is O=C(N[C@H](CO)c1ccccc1)C1=CCCCO1. The van der Waals surface area contributed by atoms with E-state index in [1.165, 1.54) is 0 Å². The first kappa shape index (κ1) is 12.6. The van der Waals surface area contributed by atoms with Crippen molar-refractivity contribution in [2.24, 2.45) is 0 Å². The molecule has 4 nitrogen and oxygen atoms in total. The lowest BCUT2D eigenvalue weighted by atomic mass is 10.1. The van der Waals surface area contributed by atoms with Gasteiger partial charge < -0.3 is 15.2 Å². The summed E-state index contributed by atoms with van der Waals surface area (Å²) in [6, 6.07) is 8.99. The van der Waals surface area contributed by atoms with E-state index in [0.29, 0.717) is 12.4 Å². The Bertz CT molecular complexity index is 428. The van der Waals surface area contributed by atoms with Gasteiger partial charge in [0.1, 0.15) is 0 Å². The first-order chi connectivity index (χ1) is 8.81. The van der Waals surface area contributed by atoms with Crippen LogP contribution in [0.15, 0.2) is 42.2 Å². The summed E-state index contributed by atoms with van der Waals surface area (Å²) in [5.41, 5.74) is 0.879. The molecule has 1 amide bonds. The lowest BCUT2D eigenvalue weighted by Crippen LogP contribution is -2.33. The Hall–Kier alpha value is -1.81. The van der Waals surface area contributed by atoms with Gasteiger partial charge in [-0.1, -0.05) is 30.3 Å². The number of carbonyl (C=O) groups is 1. The van der Waals surface area contributed by atoms with E-state index in [9.17, 15) is 9.90 Å². The number of hydrogen-bond donors (Lipinski definition) is 2. The van der Waals surface area contributed by atoms with Gasteiger partial charge in [-0.2, -0.15) is 0 Å². The van der Waals surface area contributed by atoms with Crippen LogP contribution < -0.4 is 5.32 Å². The van der Waals surface area contributed by atoms with Gasteiger partial charge in [-0.3, -0.25) is 4.79 Å². The van der Waals surface area contributed by atoms with Gasteiger partial charge in [-0.05, 0) is 24.5 Å². The molecule has 0 unspecified atom stereocenters. The van der Waals surface area contributed by atoms with E-state index < -0.39 is 6.04 Å². The molecule has 4 heteroatoms. The molecule has 0 aromatic heterocycles. The molecule has 2 N–H and O–H groups in total. The molecule has 1 aliphatic heterocycles. The summed E-state index contributed by atoms with van der Waals surface area (Å²) in [6.07, 6.45) is 3.59. The normalized spacial score (nSPS) is 16.4. The molecule has 1 aromatic rings. The first-order valence-corrected chi connectivity index (χ1v) is 6.11. The molecule has 0 saturated carbocycles. The highest BCUT2D eigenvalue weighted by molar-refractivity contribution is 5.91. The van der Waals surface area contributed by atoms with Crippen LogP contribution in [-0.2, 0) is 9.53 Å². The van der Waals surface area contributed by atoms with E-state index in [4.69, 9.17) is 4.74 Å². The number of carbonyl (C=O) groups excluding carboxylic acids is 1. The summed E-state index contributed by atoms with van der Waals surface area (Å²) in [4.78, 5) is 11.9. The number of aliphatic hydroxyl groups is 1. The fourth-order valence-corrected chi connectivity index (χ4v) is 1.86. The van der Waals surface area contributed by atoms with E-state index >= 15 is 0 Å². The molecular weight excluding hydrogens is 230 g/mol. The van der Waals surface area contributed by atoms with Crippen LogP contribution in [-0.4, -0.2) is 24.2 Å². The maximum Gasteiger partial charge on any atom is 0.286 e. The average Bonchev–Trinajstić information content (AvgIpc) is 2.46. The molecule has 1 aromatic carbocycles. The van der Waals surface area contributed by atoms with Crippen LogP contribution in [0.3, 0.4) is 0 Å². The minimum absolute atomic E-state index is 0.136. The quantitative estimate of drug-likeness (QED) is 0.848. The van der Waals surface area contributed by atoms with Gasteiger partial charge in [0.15, 0.2) is 5.76 Å². The molecule has 1 atom stereocenters. The summed E-state index contributed by atoms with van der Waals surface area (Å²) in [6.45, 7) is 0.442. The zero-order valence-corrected chi connectivity index (χ0v) is 10.1. The smallest absolute Gasteiger partial charge is 0.286 e. The van der Waals surface area contributed by atoms with Crippen LogP contribution in [0.4, 0.5) is 0 Å². The lowest BCUT2D eigenvalue weighted by Gasteiger charge is -2.19. The Balaban J connectivity index is 2.02. The second-order valence-electron chi connectivity index (χ2n) is 4.18. The maximum absolute atomic E-state index is 11.9. The first-order valence-electron chi connectivity index (χ1n) is 6.11. The van der Waals surface area contributed by atoms with Crippen molar-refractivity contribution < 1.29 is 14.6 Å². The highest BCUT2D eigenvalue weighted by atomic mass is 16.5. The molecule has 0 radical (unpaired) electrons. The molecule has 0 saturated heterocycles. The Labute approximate surface area is 106 Å². The van der Waals surface area contributed by atoms with Gasteiger partial charge in [0.05, 0.1) is 19.3 Å². The third-order valence-electron chi connectivity index (χ3n) is 2.85. The van der Waals surface area contributed by atoms with E-state index in [-0.39, 0.29) is 12.5 Å². The average molecular weight is 247 g/mol. The molecule has 0 spiro atoms. The molecule has 0 fully saturated rings. The summed E-state index contributed by atoms with van der Waals surface area (Å²) in [5, 5.41) is 12.1. The summed E-state index contributed by atoms with van der Waals surface area (Å²) >= 11 is 0. The van der Waals surface area contributed by atoms with Crippen molar-refractivity contribution in [2.75, 3.05) is 13.2 Å². The third-order valence-corrected chi connectivity index (χ3v) is 2.85. The van der Waals surface area contributed by atoms with Crippen molar-refractivity contribution in [3.8, 4) is 0 Å². The van der Waals surface area contributed by atoms with Crippen LogP contribution in [0.2, 0.25) is 0 Å².